The highest BCUT2D eigenvalue weighted by Gasteiger charge is 2.21. The van der Waals surface area contributed by atoms with Crippen LogP contribution in [0, 0.1) is 6.92 Å². The number of hydrogen-bond donors (Lipinski definition) is 1. The molecule has 1 aromatic carbocycles. The minimum absolute atomic E-state index is 0.0171. The molecule has 5 heteroatoms. The maximum Gasteiger partial charge on any atom is 0.263 e. The molecule has 1 aromatic heterocycles. The molecule has 1 aliphatic rings. The molecule has 1 amide bonds. The van der Waals surface area contributed by atoms with Crippen molar-refractivity contribution in [3.63, 3.8) is 0 Å². The number of amides is 1. The Balaban J connectivity index is 1.49. The third kappa shape index (κ3) is 4.71. The predicted octanol–water partition coefficient (Wildman–Crippen LogP) is 4.18. The number of aromatic nitrogens is 1. The summed E-state index contributed by atoms with van der Waals surface area (Å²) >= 11 is 1.52. The fourth-order valence-electron chi connectivity index (χ4n) is 3.54. The summed E-state index contributed by atoms with van der Waals surface area (Å²) in [5.74, 6) is 0.991. The number of aryl methyl sites for hydroxylation is 1. The average Bonchev–Trinajstić information content (AvgIpc) is 3.05. The van der Waals surface area contributed by atoms with Crippen molar-refractivity contribution in [2.24, 2.45) is 0 Å². The van der Waals surface area contributed by atoms with Crippen LogP contribution in [0.2, 0.25) is 0 Å². The van der Waals surface area contributed by atoms with Gasteiger partial charge in [0.1, 0.15) is 4.88 Å². The lowest BCUT2D eigenvalue weighted by Crippen LogP contribution is -2.40. The zero-order valence-electron chi connectivity index (χ0n) is 16.0. The Morgan fingerprint density at radius 2 is 2.12 bits per heavy atom. The molecule has 1 aliphatic heterocycles. The standard InChI is InChI=1S/C21H29N3OS/c1-15(2)21-23-16(3)19(26-21)20(25)22-11-13-24-12-7-10-18(14-24)17-8-5-4-6-9-17/h4-6,8-9,15,18H,7,10-14H2,1-3H3,(H,22,25). The summed E-state index contributed by atoms with van der Waals surface area (Å²) in [4.78, 5) is 20.2. The van der Waals surface area contributed by atoms with Gasteiger partial charge in [-0.25, -0.2) is 4.98 Å². The second kappa shape index (κ2) is 8.78. The molecule has 1 N–H and O–H groups in total. The van der Waals surface area contributed by atoms with E-state index in [9.17, 15) is 4.79 Å². The Morgan fingerprint density at radius 1 is 1.35 bits per heavy atom. The van der Waals surface area contributed by atoms with E-state index >= 15 is 0 Å². The van der Waals surface area contributed by atoms with Crippen LogP contribution in [0.3, 0.4) is 0 Å². The zero-order valence-corrected chi connectivity index (χ0v) is 16.8. The van der Waals surface area contributed by atoms with Crippen molar-refractivity contribution in [2.75, 3.05) is 26.2 Å². The number of nitrogens with one attached hydrogen (secondary N) is 1. The number of carbonyl (C=O) groups excluding carboxylic acids is 1. The van der Waals surface area contributed by atoms with E-state index in [1.165, 1.54) is 29.7 Å². The van der Waals surface area contributed by atoms with Crippen LogP contribution in [-0.4, -0.2) is 42.0 Å². The van der Waals surface area contributed by atoms with E-state index in [-0.39, 0.29) is 5.91 Å². The summed E-state index contributed by atoms with van der Waals surface area (Å²) in [6, 6.07) is 10.8. The van der Waals surface area contributed by atoms with Crippen LogP contribution in [-0.2, 0) is 0 Å². The molecular weight excluding hydrogens is 342 g/mol. The Morgan fingerprint density at radius 3 is 2.81 bits per heavy atom. The molecule has 3 rings (SSSR count). The number of carbonyl (C=O) groups is 1. The fraction of sp³-hybridized carbons (Fsp3) is 0.524. The molecule has 0 aliphatic carbocycles. The monoisotopic (exact) mass is 371 g/mol. The van der Waals surface area contributed by atoms with Crippen molar-refractivity contribution < 1.29 is 4.79 Å². The van der Waals surface area contributed by atoms with Gasteiger partial charge in [-0.15, -0.1) is 11.3 Å². The molecule has 1 unspecified atom stereocenters. The third-order valence-electron chi connectivity index (χ3n) is 5.00. The highest BCUT2D eigenvalue weighted by molar-refractivity contribution is 7.13. The number of nitrogens with zero attached hydrogens (tertiary/aromatic N) is 2. The van der Waals surface area contributed by atoms with Crippen molar-refractivity contribution in [2.45, 2.75) is 45.4 Å². The molecule has 1 saturated heterocycles. The third-order valence-corrected chi connectivity index (χ3v) is 6.46. The normalized spacial score (nSPS) is 18.2. The van der Waals surface area contributed by atoms with Gasteiger partial charge < -0.3 is 10.2 Å². The number of piperidine rings is 1. The lowest BCUT2D eigenvalue weighted by Gasteiger charge is -2.33. The summed E-state index contributed by atoms with van der Waals surface area (Å²) in [6.45, 7) is 9.94. The maximum absolute atomic E-state index is 12.5. The number of likely N-dealkylation sites (tertiary alicyclic amines) is 1. The largest absolute Gasteiger partial charge is 0.350 e. The fourth-order valence-corrected chi connectivity index (χ4v) is 4.52. The average molecular weight is 372 g/mol. The topological polar surface area (TPSA) is 45.2 Å². The molecule has 2 heterocycles. The second-order valence-corrected chi connectivity index (χ2v) is 8.46. The van der Waals surface area contributed by atoms with E-state index < -0.39 is 0 Å². The molecule has 4 nitrogen and oxygen atoms in total. The van der Waals surface area contributed by atoms with Gasteiger partial charge in [-0.3, -0.25) is 4.79 Å². The van der Waals surface area contributed by atoms with Gasteiger partial charge in [0.25, 0.3) is 5.91 Å². The summed E-state index contributed by atoms with van der Waals surface area (Å²) < 4.78 is 0. The number of benzene rings is 1. The molecular formula is C21H29N3OS. The molecule has 2 aromatic rings. The van der Waals surface area contributed by atoms with Crippen molar-refractivity contribution >= 4 is 17.2 Å². The van der Waals surface area contributed by atoms with Crippen LogP contribution in [0.25, 0.3) is 0 Å². The van der Waals surface area contributed by atoms with E-state index in [0.29, 0.717) is 18.4 Å². The van der Waals surface area contributed by atoms with Crippen molar-refractivity contribution in [1.29, 1.82) is 0 Å². The van der Waals surface area contributed by atoms with Crippen molar-refractivity contribution in [1.82, 2.24) is 15.2 Å². The summed E-state index contributed by atoms with van der Waals surface area (Å²) in [5, 5.41) is 4.12. The van der Waals surface area contributed by atoms with Crippen LogP contribution < -0.4 is 5.32 Å². The highest BCUT2D eigenvalue weighted by Crippen LogP contribution is 2.26. The summed E-state index contributed by atoms with van der Waals surface area (Å²) in [6.07, 6.45) is 2.48. The lowest BCUT2D eigenvalue weighted by molar-refractivity contribution is 0.0949. The van der Waals surface area contributed by atoms with E-state index in [2.05, 4.69) is 59.4 Å². The zero-order chi connectivity index (χ0) is 18.5. The Kier molecular flexibility index (Phi) is 6.43. The maximum atomic E-state index is 12.5. The van der Waals surface area contributed by atoms with Gasteiger partial charge in [0.05, 0.1) is 10.7 Å². The van der Waals surface area contributed by atoms with Crippen LogP contribution in [0.15, 0.2) is 30.3 Å². The first kappa shape index (κ1) is 19.1. The van der Waals surface area contributed by atoms with E-state index in [1.807, 2.05) is 6.92 Å². The predicted molar refractivity (Wildman–Crippen MR) is 108 cm³/mol. The number of hydrogen-bond acceptors (Lipinski definition) is 4. The molecule has 1 atom stereocenters. The smallest absolute Gasteiger partial charge is 0.263 e. The molecule has 26 heavy (non-hydrogen) atoms. The van der Waals surface area contributed by atoms with Gasteiger partial charge in [-0.05, 0) is 37.8 Å². The minimum Gasteiger partial charge on any atom is -0.350 e. The van der Waals surface area contributed by atoms with Crippen LogP contribution in [0.4, 0.5) is 0 Å². The van der Waals surface area contributed by atoms with Crippen molar-refractivity contribution in [3.8, 4) is 0 Å². The first-order valence-electron chi connectivity index (χ1n) is 9.57. The molecule has 0 saturated carbocycles. The number of rotatable bonds is 6. The Hall–Kier alpha value is -1.72. The molecule has 0 radical (unpaired) electrons. The first-order valence-corrected chi connectivity index (χ1v) is 10.4. The van der Waals surface area contributed by atoms with Crippen LogP contribution >= 0.6 is 11.3 Å². The van der Waals surface area contributed by atoms with Crippen LogP contribution in [0.5, 0.6) is 0 Å². The SMILES string of the molecule is Cc1nc(C(C)C)sc1C(=O)NCCN1CCCC(c2ccccc2)C1. The molecule has 1 fully saturated rings. The van der Waals surface area contributed by atoms with Gasteiger partial charge in [-0.1, -0.05) is 44.2 Å². The first-order chi connectivity index (χ1) is 12.5. The number of thiazole rings is 1. The quantitative estimate of drug-likeness (QED) is 0.828. The Bertz CT molecular complexity index is 726. The van der Waals surface area contributed by atoms with E-state index in [4.69, 9.17) is 0 Å². The second-order valence-electron chi connectivity index (χ2n) is 7.43. The summed E-state index contributed by atoms with van der Waals surface area (Å²) in [7, 11) is 0. The van der Waals surface area contributed by atoms with Gasteiger partial charge in [-0.2, -0.15) is 0 Å². The minimum atomic E-state index is 0.0171. The molecule has 0 bridgehead atoms. The van der Waals surface area contributed by atoms with Gasteiger partial charge in [0.15, 0.2) is 0 Å². The Labute approximate surface area is 160 Å². The van der Waals surface area contributed by atoms with E-state index in [0.717, 1.165) is 35.2 Å². The summed E-state index contributed by atoms with van der Waals surface area (Å²) in [5.41, 5.74) is 2.28. The molecule has 140 valence electrons. The van der Waals surface area contributed by atoms with E-state index in [1.54, 1.807) is 0 Å². The van der Waals surface area contributed by atoms with Gasteiger partial charge in [0.2, 0.25) is 0 Å². The van der Waals surface area contributed by atoms with Gasteiger partial charge >= 0.3 is 0 Å². The highest BCUT2D eigenvalue weighted by atomic mass is 32.1. The lowest BCUT2D eigenvalue weighted by atomic mass is 9.91. The van der Waals surface area contributed by atoms with Crippen molar-refractivity contribution in [3.05, 3.63) is 51.5 Å². The molecule has 0 spiro atoms. The van der Waals surface area contributed by atoms with Gasteiger partial charge in [0, 0.05) is 25.6 Å². The van der Waals surface area contributed by atoms with Crippen LogP contribution in [0.1, 0.15) is 64.5 Å².